The van der Waals surface area contributed by atoms with Crippen LogP contribution in [-0.2, 0) is 9.53 Å². The molecule has 0 spiro atoms. The second kappa shape index (κ2) is 10.5. The Labute approximate surface area is 223 Å². The number of nitrogens with zero attached hydrogens (tertiary/aromatic N) is 3. The highest BCUT2D eigenvalue weighted by Gasteiger charge is 2.46. The normalized spacial score (nSPS) is 30.0. The summed E-state index contributed by atoms with van der Waals surface area (Å²) in [4.78, 5) is 20.6. The van der Waals surface area contributed by atoms with Gasteiger partial charge in [0.2, 0.25) is 5.91 Å². The third kappa shape index (κ3) is 5.43. The summed E-state index contributed by atoms with van der Waals surface area (Å²) >= 11 is 0. The van der Waals surface area contributed by atoms with Gasteiger partial charge < -0.3 is 14.5 Å². The van der Waals surface area contributed by atoms with E-state index in [2.05, 4.69) is 37.5 Å². The van der Waals surface area contributed by atoms with Gasteiger partial charge in [0.1, 0.15) is 17.5 Å². The van der Waals surface area contributed by atoms with Gasteiger partial charge in [0.25, 0.3) is 0 Å². The van der Waals surface area contributed by atoms with Crippen molar-refractivity contribution in [2.45, 2.75) is 70.2 Å². The lowest BCUT2D eigenvalue weighted by Crippen LogP contribution is -2.59. The first-order valence-electron chi connectivity index (χ1n) is 13.7. The van der Waals surface area contributed by atoms with Crippen LogP contribution in [0.1, 0.15) is 52.0 Å². The van der Waals surface area contributed by atoms with Crippen LogP contribution < -0.4 is 4.90 Å². The zero-order valence-electron chi connectivity index (χ0n) is 22.7. The fraction of sp³-hybridized carbons (Fsp3) is 0.567. The number of rotatable bonds is 4. The van der Waals surface area contributed by atoms with Crippen LogP contribution in [0.2, 0.25) is 0 Å². The molecule has 0 bridgehead atoms. The molecule has 3 fully saturated rings. The zero-order chi connectivity index (χ0) is 27.2. The first-order chi connectivity index (χ1) is 18.0. The summed E-state index contributed by atoms with van der Waals surface area (Å²) in [5.74, 6) is -2.24. The smallest absolute Gasteiger partial charge is 0.227 e. The molecule has 3 aliphatic heterocycles. The SMILES string of the molecule is C[C@@H]1CN(C(=O)C2CN([C@H]3CCOC(C)(C)C3)C[C@H]2c2ccc(F)cc2F)C[C@H](C)N1c1ccc(F)cc1. The fourth-order valence-electron chi connectivity index (χ4n) is 6.87. The van der Waals surface area contributed by atoms with Crippen molar-refractivity contribution in [3.63, 3.8) is 0 Å². The van der Waals surface area contributed by atoms with Crippen LogP contribution in [0.25, 0.3) is 0 Å². The van der Waals surface area contributed by atoms with E-state index in [9.17, 15) is 13.6 Å². The summed E-state index contributed by atoms with van der Waals surface area (Å²) in [5, 5.41) is 0. The molecule has 3 heterocycles. The maximum absolute atomic E-state index is 15.0. The summed E-state index contributed by atoms with van der Waals surface area (Å²) < 4.78 is 48.2. The van der Waals surface area contributed by atoms with Gasteiger partial charge in [-0.15, -0.1) is 0 Å². The van der Waals surface area contributed by atoms with E-state index < -0.39 is 17.6 Å². The topological polar surface area (TPSA) is 36.0 Å². The maximum Gasteiger partial charge on any atom is 0.227 e. The lowest BCUT2D eigenvalue weighted by molar-refractivity contribution is -0.137. The number of amides is 1. The van der Waals surface area contributed by atoms with Crippen LogP contribution in [0, 0.1) is 23.4 Å². The van der Waals surface area contributed by atoms with Crippen molar-refractivity contribution in [3.8, 4) is 0 Å². The predicted octanol–water partition coefficient (Wildman–Crippen LogP) is 5.20. The van der Waals surface area contributed by atoms with Crippen LogP contribution in [-0.4, -0.2) is 72.2 Å². The Hall–Kier alpha value is -2.58. The molecular formula is C30H38F3N3O2. The number of hydrogen-bond donors (Lipinski definition) is 0. The average Bonchev–Trinajstić information content (AvgIpc) is 3.29. The van der Waals surface area contributed by atoms with Crippen LogP contribution in [0.3, 0.4) is 0 Å². The van der Waals surface area contributed by atoms with Gasteiger partial charge in [-0.05, 0) is 76.4 Å². The van der Waals surface area contributed by atoms with Crippen molar-refractivity contribution in [3.05, 3.63) is 65.5 Å². The van der Waals surface area contributed by atoms with Crippen molar-refractivity contribution in [1.29, 1.82) is 0 Å². The van der Waals surface area contributed by atoms with Crippen molar-refractivity contribution in [2.75, 3.05) is 37.7 Å². The zero-order valence-corrected chi connectivity index (χ0v) is 22.7. The standard InChI is InChI=1S/C30H38F3N3O2/c1-19-15-35(16-20(2)36(19)23-8-5-21(31)6-9-23)29(37)27-18-34(24-11-12-38-30(3,4)14-24)17-26(27)25-10-7-22(32)13-28(25)33/h5-10,13,19-20,24,26-27H,11-12,14-18H2,1-4H3/t19-,20+,24-,26-,27?/m0/s1. The molecule has 0 saturated carbocycles. The van der Waals surface area contributed by atoms with Gasteiger partial charge in [-0.1, -0.05) is 6.07 Å². The van der Waals surface area contributed by atoms with Gasteiger partial charge in [0.15, 0.2) is 0 Å². The number of piperazine rings is 1. The van der Waals surface area contributed by atoms with E-state index in [1.54, 1.807) is 12.1 Å². The largest absolute Gasteiger partial charge is 0.375 e. The van der Waals surface area contributed by atoms with Gasteiger partial charge in [-0.2, -0.15) is 0 Å². The minimum Gasteiger partial charge on any atom is -0.375 e. The average molecular weight is 530 g/mol. The van der Waals surface area contributed by atoms with Crippen LogP contribution in [0.15, 0.2) is 42.5 Å². The molecule has 38 heavy (non-hydrogen) atoms. The molecular weight excluding hydrogens is 491 g/mol. The van der Waals surface area contributed by atoms with E-state index in [0.29, 0.717) is 38.3 Å². The minimum absolute atomic E-state index is 0.0185. The summed E-state index contributed by atoms with van der Waals surface area (Å²) in [7, 11) is 0. The molecule has 0 aromatic heterocycles. The third-order valence-electron chi connectivity index (χ3n) is 8.57. The van der Waals surface area contributed by atoms with E-state index in [1.165, 1.54) is 24.3 Å². The molecule has 0 N–H and O–H groups in total. The fourth-order valence-corrected chi connectivity index (χ4v) is 6.87. The third-order valence-corrected chi connectivity index (χ3v) is 8.57. The number of ether oxygens (including phenoxy) is 1. The number of carbonyl (C=O) groups excluding carboxylic acids is 1. The van der Waals surface area contributed by atoms with E-state index in [-0.39, 0.29) is 41.4 Å². The minimum atomic E-state index is -0.616. The molecule has 206 valence electrons. The molecule has 2 aromatic carbocycles. The number of likely N-dealkylation sites (tertiary alicyclic amines) is 1. The Bertz CT molecular complexity index is 1150. The van der Waals surface area contributed by atoms with E-state index in [4.69, 9.17) is 4.74 Å². The molecule has 3 aliphatic rings. The number of benzene rings is 2. The maximum atomic E-state index is 15.0. The molecule has 5 nitrogen and oxygen atoms in total. The van der Waals surface area contributed by atoms with Gasteiger partial charge in [-0.25, -0.2) is 13.2 Å². The Balaban J connectivity index is 1.38. The number of hydrogen-bond acceptors (Lipinski definition) is 4. The Kier molecular flexibility index (Phi) is 7.48. The lowest BCUT2D eigenvalue weighted by Gasteiger charge is -2.46. The van der Waals surface area contributed by atoms with Gasteiger partial charge >= 0.3 is 0 Å². The molecule has 1 amide bonds. The predicted molar refractivity (Wildman–Crippen MR) is 142 cm³/mol. The summed E-state index contributed by atoms with van der Waals surface area (Å²) in [6, 6.07) is 10.5. The monoisotopic (exact) mass is 529 g/mol. The van der Waals surface area contributed by atoms with Crippen LogP contribution >= 0.6 is 0 Å². The van der Waals surface area contributed by atoms with E-state index in [1.807, 2.05) is 4.90 Å². The highest BCUT2D eigenvalue weighted by Crippen LogP contribution is 2.40. The van der Waals surface area contributed by atoms with Crippen LogP contribution in [0.5, 0.6) is 0 Å². The summed E-state index contributed by atoms with van der Waals surface area (Å²) in [6.07, 6.45) is 1.71. The molecule has 5 rings (SSSR count). The first kappa shape index (κ1) is 27.0. The molecule has 0 radical (unpaired) electrons. The summed E-state index contributed by atoms with van der Waals surface area (Å²) in [5.41, 5.74) is 1.09. The molecule has 3 saturated heterocycles. The number of anilines is 1. The molecule has 1 unspecified atom stereocenters. The lowest BCUT2D eigenvalue weighted by atomic mass is 9.87. The Morgan fingerprint density at radius 1 is 0.921 bits per heavy atom. The summed E-state index contributed by atoms with van der Waals surface area (Å²) in [6.45, 7) is 11.1. The quantitative estimate of drug-likeness (QED) is 0.546. The van der Waals surface area contributed by atoms with Crippen molar-refractivity contribution in [1.82, 2.24) is 9.80 Å². The molecule has 8 heteroatoms. The van der Waals surface area contributed by atoms with Crippen molar-refractivity contribution >= 4 is 11.6 Å². The van der Waals surface area contributed by atoms with Gasteiger partial charge in [0, 0.05) is 68.6 Å². The highest BCUT2D eigenvalue weighted by atomic mass is 19.1. The Morgan fingerprint density at radius 3 is 2.21 bits per heavy atom. The van der Waals surface area contributed by atoms with Gasteiger partial charge in [0.05, 0.1) is 11.5 Å². The van der Waals surface area contributed by atoms with E-state index >= 15 is 4.39 Å². The number of carbonyl (C=O) groups is 1. The molecule has 5 atom stereocenters. The highest BCUT2D eigenvalue weighted by molar-refractivity contribution is 5.81. The van der Waals surface area contributed by atoms with Crippen LogP contribution in [0.4, 0.5) is 18.9 Å². The van der Waals surface area contributed by atoms with Crippen molar-refractivity contribution < 1.29 is 22.7 Å². The second-order valence-corrected chi connectivity index (χ2v) is 11.9. The Morgan fingerprint density at radius 2 is 1.58 bits per heavy atom. The van der Waals surface area contributed by atoms with E-state index in [0.717, 1.165) is 24.6 Å². The second-order valence-electron chi connectivity index (χ2n) is 11.9. The molecule has 2 aromatic rings. The first-order valence-corrected chi connectivity index (χ1v) is 13.7. The number of halogens is 3. The van der Waals surface area contributed by atoms with Gasteiger partial charge in [-0.3, -0.25) is 9.69 Å². The molecule has 0 aliphatic carbocycles. The van der Waals surface area contributed by atoms with Crippen molar-refractivity contribution in [2.24, 2.45) is 5.92 Å².